The highest BCUT2D eigenvalue weighted by atomic mass is 32.1. The first-order valence-electron chi connectivity index (χ1n) is 19.4. The summed E-state index contributed by atoms with van der Waals surface area (Å²) in [5.74, 6) is -1.25. The second-order valence-corrected chi connectivity index (χ2v) is 17.2. The predicted octanol–water partition coefficient (Wildman–Crippen LogP) is 4.63. The second kappa shape index (κ2) is 18.2. The number of aliphatic hydroxyl groups excluding tert-OH is 1. The van der Waals surface area contributed by atoms with Gasteiger partial charge in [0.25, 0.3) is 0 Å². The number of benzene rings is 2. The highest BCUT2D eigenvalue weighted by Gasteiger charge is 2.50. The van der Waals surface area contributed by atoms with Crippen molar-refractivity contribution in [3.8, 4) is 10.4 Å². The molecule has 7 N–H and O–H groups in total. The van der Waals surface area contributed by atoms with Crippen molar-refractivity contribution in [3.05, 3.63) is 76.4 Å². The number of aliphatic hydroxyl groups is 1. The minimum atomic E-state index is -0.867. The van der Waals surface area contributed by atoms with Crippen molar-refractivity contribution in [1.82, 2.24) is 20.5 Å². The zero-order valence-corrected chi connectivity index (χ0v) is 33.6. The third kappa shape index (κ3) is 11.2. The number of unbranched alkanes of at least 4 members (excludes halogenated alkanes) is 1. The summed E-state index contributed by atoms with van der Waals surface area (Å²) in [6.07, 6.45) is 3.88. The summed E-state index contributed by atoms with van der Waals surface area (Å²) in [5, 5.41) is 16.9. The number of thiazole rings is 1. The van der Waals surface area contributed by atoms with E-state index in [-0.39, 0.29) is 61.6 Å². The van der Waals surface area contributed by atoms with E-state index in [2.05, 4.69) is 27.8 Å². The number of hydrogen-bond donors (Lipinski definition) is 5. The van der Waals surface area contributed by atoms with Crippen molar-refractivity contribution in [3.63, 3.8) is 0 Å². The molecule has 0 bridgehead atoms. The van der Waals surface area contributed by atoms with Crippen LogP contribution in [0.25, 0.3) is 10.4 Å². The number of aromatic nitrogens is 1. The first-order valence-corrected chi connectivity index (χ1v) is 20.3. The number of likely N-dealkylation sites (tertiary alicyclic amines) is 1. The van der Waals surface area contributed by atoms with E-state index in [0.29, 0.717) is 19.4 Å². The number of β-amino-alcohol motifs (C(OH)–C–C–N with tert-alkyl or cyclic N) is 1. The van der Waals surface area contributed by atoms with Crippen LogP contribution in [0.5, 0.6) is 0 Å². The van der Waals surface area contributed by atoms with Gasteiger partial charge in [0.2, 0.25) is 23.6 Å². The maximum Gasteiger partial charge on any atom is 0.246 e. The zero-order valence-electron chi connectivity index (χ0n) is 32.8. The molecule has 298 valence electrons. The Kier molecular flexibility index (Phi) is 13.9. The van der Waals surface area contributed by atoms with Gasteiger partial charge in [-0.3, -0.25) is 19.2 Å². The number of aryl methyl sites for hydroxylation is 2. The van der Waals surface area contributed by atoms with Crippen LogP contribution in [0.3, 0.4) is 0 Å². The lowest BCUT2D eigenvalue weighted by Gasteiger charge is -2.35. The van der Waals surface area contributed by atoms with Gasteiger partial charge in [0.05, 0.1) is 40.4 Å². The molecule has 55 heavy (non-hydrogen) atoms. The van der Waals surface area contributed by atoms with Gasteiger partial charge in [-0.05, 0) is 80.0 Å². The first-order chi connectivity index (χ1) is 26.1. The molecule has 1 saturated heterocycles. The lowest BCUT2D eigenvalue weighted by molar-refractivity contribution is -0.144. The van der Waals surface area contributed by atoms with Crippen LogP contribution < -0.4 is 22.1 Å². The molecule has 2 aromatic carbocycles. The molecule has 1 saturated carbocycles. The second-order valence-electron chi connectivity index (χ2n) is 16.4. The minimum Gasteiger partial charge on any atom is -0.391 e. The Morgan fingerprint density at radius 2 is 1.71 bits per heavy atom. The Bertz CT molecular complexity index is 1780. The van der Waals surface area contributed by atoms with Crippen molar-refractivity contribution in [1.29, 1.82) is 0 Å². The Morgan fingerprint density at radius 3 is 2.31 bits per heavy atom. The largest absolute Gasteiger partial charge is 0.391 e. The molecule has 3 aromatic rings. The average Bonchev–Trinajstić information content (AvgIpc) is 3.61. The van der Waals surface area contributed by atoms with Crippen LogP contribution in [0.15, 0.2) is 54.0 Å². The average molecular weight is 775 g/mol. The molecular formula is C42H58N6O6S. The fraction of sp³-hybridized carbons (Fsp3) is 0.548. The van der Waals surface area contributed by atoms with Gasteiger partial charge in [-0.2, -0.15) is 0 Å². The minimum absolute atomic E-state index is 0.0315. The SMILES string of the molecule is Cc1ncsc1-c1ccc(C2(NC(=O)[C@@H]3C[C@@H](O)CN3C(=O)[C@@H](NC(=O)CCCCc3ccc(CO[C@H](C)[C@@H](N)CCC(N)=O)cc3)C(C)(C)C)CC2)cc1. The topological polar surface area (TPSA) is 190 Å². The summed E-state index contributed by atoms with van der Waals surface area (Å²) in [6.45, 7) is 9.99. The number of nitrogens with two attached hydrogens (primary N) is 2. The summed E-state index contributed by atoms with van der Waals surface area (Å²) < 4.78 is 5.89. The van der Waals surface area contributed by atoms with Gasteiger partial charge in [-0.25, -0.2) is 4.98 Å². The number of carbonyl (C=O) groups is 4. The van der Waals surface area contributed by atoms with Crippen LogP contribution in [0, 0.1) is 12.3 Å². The van der Waals surface area contributed by atoms with Crippen LogP contribution in [-0.2, 0) is 42.5 Å². The van der Waals surface area contributed by atoms with E-state index in [4.69, 9.17) is 16.2 Å². The Hall–Kier alpha value is -4.17. The van der Waals surface area contributed by atoms with E-state index in [1.165, 1.54) is 4.90 Å². The van der Waals surface area contributed by atoms with Crippen molar-refractivity contribution in [2.24, 2.45) is 16.9 Å². The van der Waals surface area contributed by atoms with Gasteiger partial charge < -0.3 is 36.8 Å². The van der Waals surface area contributed by atoms with Crippen LogP contribution in [0.1, 0.15) is 101 Å². The lowest BCUT2D eigenvalue weighted by atomic mass is 9.85. The number of rotatable bonds is 18. The molecular weight excluding hydrogens is 717 g/mol. The predicted molar refractivity (Wildman–Crippen MR) is 214 cm³/mol. The highest BCUT2D eigenvalue weighted by Crippen LogP contribution is 2.46. The molecule has 12 nitrogen and oxygen atoms in total. The summed E-state index contributed by atoms with van der Waals surface area (Å²) in [4.78, 5) is 59.1. The third-order valence-electron chi connectivity index (χ3n) is 10.8. The van der Waals surface area contributed by atoms with E-state index < -0.39 is 29.1 Å². The Balaban J connectivity index is 1.10. The summed E-state index contributed by atoms with van der Waals surface area (Å²) >= 11 is 1.60. The normalized spacial score (nSPS) is 19.4. The van der Waals surface area contributed by atoms with E-state index in [1.807, 2.05) is 76.5 Å². The van der Waals surface area contributed by atoms with Crippen LogP contribution in [0.4, 0.5) is 0 Å². The van der Waals surface area contributed by atoms with E-state index in [1.54, 1.807) is 11.3 Å². The number of nitrogens with zero attached hydrogens (tertiary/aromatic N) is 2. The summed E-state index contributed by atoms with van der Waals surface area (Å²) in [5.41, 5.74) is 17.3. The molecule has 0 unspecified atom stereocenters. The summed E-state index contributed by atoms with van der Waals surface area (Å²) in [7, 11) is 0. The number of nitrogens with one attached hydrogen (secondary N) is 2. The van der Waals surface area contributed by atoms with Gasteiger partial charge in [0.15, 0.2) is 0 Å². The molecule has 5 atom stereocenters. The quantitative estimate of drug-likeness (QED) is 0.116. The van der Waals surface area contributed by atoms with E-state index >= 15 is 0 Å². The van der Waals surface area contributed by atoms with Crippen LogP contribution in [-0.4, -0.2) is 75.5 Å². The molecule has 5 rings (SSSR count). The Labute approximate surface area is 328 Å². The molecule has 2 fully saturated rings. The van der Waals surface area contributed by atoms with Crippen LogP contribution >= 0.6 is 11.3 Å². The number of ether oxygens (including phenoxy) is 1. The zero-order chi connectivity index (χ0) is 39.9. The number of primary amides is 1. The van der Waals surface area contributed by atoms with Gasteiger partial charge in [0.1, 0.15) is 12.1 Å². The fourth-order valence-corrected chi connectivity index (χ4v) is 7.93. The number of carbonyl (C=O) groups excluding carboxylic acids is 4. The molecule has 1 aromatic heterocycles. The molecule has 0 radical (unpaired) electrons. The maximum atomic E-state index is 14.1. The molecule has 1 aliphatic carbocycles. The van der Waals surface area contributed by atoms with Gasteiger partial charge >= 0.3 is 0 Å². The lowest BCUT2D eigenvalue weighted by Crippen LogP contribution is -2.58. The Morgan fingerprint density at radius 1 is 1.04 bits per heavy atom. The maximum absolute atomic E-state index is 14.1. The van der Waals surface area contributed by atoms with Gasteiger partial charge in [-0.1, -0.05) is 69.3 Å². The first kappa shape index (κ1) is 42.0. The number of amides is 4. The third-order valence-corrected chi connectivity index (χ3v) is 11.8. The van der Waals surface area contributed by atoms with Gasteiger partial charge in [-0.15, -0.1) is 11.3 Å². The van der Waals surface area contributed by atoms with E-state index in [9.17, 15) is 24.3 Å². The van der Waals surface area contributed by atoms with E-state index in [0.717, 1.165) is 58.5 Å². The smallest absolute Gasteiger partial charge is 0.246 e. The van der Waals surface area contributed by atoms with Gasteiger partial charge in [0, 0.05) is 31.8 Å². The molecule has 13 heteroatoms. The standard InChI is InChI=1S/C42H58N6O6S/c1-26-37(55-25-45-26)30-14-16-31(17-15-30)42(20-21-42)47-39(52)34-22-32(49)23-48(34)40(53)38(41(3,4)5)46-36(51)9-7-6-8-28-10-12-29(13-11-28)24-54-27(2)33(43)18-19-35(44)50/h10-17,25,27,32-34,38,49H,6-9,18-24,43H2,1-5H3,(H2,44,50)(H,46,51)(H,47,52)/t27-,32-,33+,34+,38-/m1/s1. The van der Waals surface area contributed by atoms with Crippen molar-refractivity contribution in [2.75, 3.05) is 6.54 Å². The molecule has 4 amide bonds. The molecule has 2 aliphatic rings. The van der Waals surface area contributed by atoms with Crippen molar-refractivity contribution < 1.29 is 29.0 Å². The summed E-state index contributed by atoms with van der Waals surface area (Å²) in [6, 6.07) is 14.3. The van der Waals surface area contributed by atoms with Crippen molar-refractivity contribution in [2.45, 2.75) is 135 Å². The molecule has 0 spiro atoms. The van der Waals surface area contributed by atoms with Crippen LogP contribution in [0.2, 0.25) is 0 Å². The fourth-order valence-electron chi connectivity index (χ4n) is 7.11. The monoisotopic (exact) mass is 774 g/mol. The molecule has 2 heterocycles. The molecule has 1 aliphatic heterocycles. The van der Waals surface area contributed by atoms with Crippen molar-refractivity contribution >= 4 is 35.0 Å². The highest BCUT2D eigenvalue weighted by molar-refractivity contribution is 7.13. The number of hydrogen-bond acceptors (Lipinski definition) is 9.